The van der Waals surface area contributed by atoms with Gasteiger partial charge in [0.15, 0.2) is 0 Å². The average molecular weight is 201 g/mol. The van der Waals surface area contributed by atoms with Gasteiger partial charge < -0.3 is 4.74 Å². The van der Waals surface area contributed by atoms with Crippen LogP contribution in [-0.2, 0) is 4.74 Å². The lowest BCUT2D eigenvalue weighted by Crippen LogP contribution is -2.03. The smallest absolute Gasteiger partial charge is 0.202 e. The fraction of sp³-hybridized carbons (Fsp3) is 0.500. The summed E-state index contributed by atoms with van der Waals surface area (Å²) >= 11 is 6.40. The molecule has 0 saturated carbocycles. The Balaban J connectivity index is 4.16. The molecule has 2 nitrogen and oxygen atoms in total. The SMILES string of the molecule is CCOC(=S)C(C#N)=CSCC. The van der Waals surface area contributed by atoms with Crippen molar-refractivity contribution in [2.24, 2.45) is 0 Å². The summed E-state index contributed by atoms with van der Waals surface area (Å²) in [6.45, 7) is 4.36. The Kier molecular flexibility index (Phi) is 6.82. The van der Waals surface area contributed by atoms with Crippen molar-refractivity contribution in [3.8, 4) is 6.07 Å². The highest BCUT2D eigenvalue weighted by Gasteiger charge is 2.03. The van der Waals surface area contributed by atoms with Crippen molar-refractivity contribution < 1.29 is 4.74 Å². The van der Waals surface area contributed by atoms with E-state index in [0.717, 1.165) is 5.75 Å². The second kappa shape index (κ2) is 7.14. The van der Waals surface area contributed by atoms with Gasteiger partial charge in [0.05, 0.1) is 6.61 Å². The summed E-state index contributed by atoms with van der Waals surface area (Å²) in [4.78, 5) is 0. The number of hydrogen-bond donors (Lipinski definition) is 0. The van der Waals surface area contributed by atoms with Crippen molar-refractivity contribution in [1.29, 1.82) is 5.26 Å². The number of hydrogen-bond acceptors (Lipinski definition) is 4. The zero-order chi connectivity index (χ0) is 9.40. The van der Waals surface area contributed by atoms with Gasteiger partial charge in [-0.2, -0.15) is 5.26 Å². The van der Waals surface area contributed by atoms with Gasteiger partial charge in [-0.05, 0) is 30.3 Å². The molecule has 0 aromatic heterocycles. The lowest BCUT2D eigenvalue weighted by atomic mass is 10.4. The number of thioether (sulfide) groups is 1. The molecule has 0 aliphatic rings. The van der Waals surface area contributed by atoms with E-state index in [2.05, 4.69) is 0 Å². The fourth-order valence-electron chi connectivity index (χ4n) is 0.496. The summed E-state index contributed by atoms with van der Waals surface area (Å²) in [5.74, 6) is 0.930. The minimum Gasteiger partial charge on any atom is -0.483 e. The first-order chi connectivity index (χ1) is 5.76. The molecule has 0 radical (unpaired) electrons. The molecule has 0 unspecified atom stereocenters. The van der Waals surface area contributed by atoms with Gasteiger partial charge in [-0.25, -0.2) is 0 Å². The molecule has 0 aromatic carbocycles. The van der Waals surface area contributed by atoms with Crippen LogP contribution in [0, 0.1) is 11.3 Å². The van der Waals surface area contributed by atoms with E-state index in [-0.39, 0.29) is 0 Å². The second-order valence-electron chi connectivity index (χ2n) is 1.82. The molecule has 0 aliphatic heterocycles. The first-order valence-corrected chi connectivity index (χ1v) is 5.10. The lowest BCUT2D eigenvalue weighted by molar-refractivity contribution is 0.338. The minimum atomic E-state index is 0.293. The van der Waals surface area contributed by atoms with E-state index in [0.29, 0.717) is 17.2 Å². The van der Waals surface area contributed by atoms with Crippen LogP contribution in [-0.4, -0.2) is 17.4 Å². The van der Waals surface area contributed by atoms with Crippen LogP contribution in [0.4, 0.5) is 0 Å². The highest BCUT2D eigenvalue weighted by Crippen LogP contribution is 2.08. The number of rotatable bonds is 4. The molecular weight excluding hydrogens is 190 g/mol. The molecule has 66 valence electrons. The molecular formula is C8H11NOS2. The molecule has 0 bridgehead atoms. The van der Waals surface area contributed by atoms with Crippen LogP contribution in [0.15, 0.2) is 11.0 Å². The van der Waals surface area contributed by atoms with Gasteiger partial charge >= 0.3 is 0 Å². The predicted molar refractivity (Wildman–Crippen MR) is 56.1 cm³/mol. The number of nitrogens with zero attached hydrogens (tertiary/aromatic N) is 1. The van der Waals surface area contributed by atoms with Gasteiger partial charge in [-0.3, -0.25) is 0 Å². The van der Waals surface area contributed by atoms with Crippen molar-refractivity contribution in [1.82, 2.24) is 0 Å². The van der Waals surface area contributed by atoms with Crippen molar-refractivity contribution in [2.45, 2.75) is 13.8 Å². The maximum atomic E-state index is 8.65. The topological polar surface area (TPSA) is 33.0 Å². The number of nitriles is 1. The van der Waals surface area contributed by atoms with E-state index in [4.69, 9.17) is 22.2 Å². The first kappa shape index (κ1) is 11.5. The Morgan fingerprint density at radius 3 is 2.75 bits per heavy atom. The van der Waals surface area contributed by atoms with Crippen LogP contribution in [0.1, 0.15) is 13.8 Å². The largest absolute Gasteiger partial charge is 0.483 e. The Hall–Kier alpha value is -0.530. The quantitative estimate of drug-likeness (QED) is 0.397. The van der Waals surface area contributed by atoms with Crippen LogP contribution in [0.3, 0.4) is 0 Å². The van der Waals surface area contributed by atoms with Crippen LogP contribution < -0.4 is 0 Å². The molecule has 0 fully saturated rings. The normalized spacial score (nSPS) is 10.6. The second-order valence-corrected chi connectivity index (χ2v) is 3.34. The monoisotopic (exact) mass is 201 g/mol. The van der Waals surface area contributed by atoms with Gasteiger partial charge in [0.2, 0.25) is 5.05 Å². The summed E-state index contributed by atoms with van der Waals surface area (Å²) in [5.41, 5.74) is 0.443. The van der Waals surface area contributed by atoms with E-state index in [1.807, 2.05) is 19.9 Å². The van der Waals surface area contributed by atoms with Crippen molar-refractivity contribution in [2.75, 3.05) is 12.4 Å². The van der Waals surface area contributed by atoms with Gasteiger partial charge in [-0.1, -0.05) is 6.92 Å². The van der Waals surface area contributed by atoms with Gasteiger partial charge in [0, 0.05) is 0 Å². The summed E-state index contributed by atoms with van der Waals surface area (Å²) < 4.78 is 5.02. The van der Waals surface area contributed by atoms with Crippen LogP contribution in [0.2, 0.25) is 0 Å². The predicted octanol–water partition coefficient (Wildman–Crippen LogP) is 2.51. The van der Waals surface area contributed by atoms with E-state index in [1.165, 1.54) is 0 Å². The van der Waals surface area contributed by atoms with E-state index >= 15 is 0 Å². The van der Waals surface area contributed by atoms with Crippen molar-refractivity contribution in [3.63, 3.8) is 0 Å². The molecule has 0 atom stereocenters. The van der Waals surface area contributed by atoms with E-state index in [9.17, 15) is 0 Å². The van der Waals surface area contributed by atoms with E-state index < -0.39 is 0 Å². The summed E-state index contributed by atoms with van der Waals surface area (Å²) in [5, 5.41) is 10.7. The Morgan fingerprint density at radius 1 is 1.67 bits per heavy atom. The molecule has 0 heterocycles. The molecule has 12 heavy (non-hydrogen) atoms. The van der Waals surface area contributed by atoms with Gasteiger partial charge in [0.25, 0.3) is 0 Å². The van der Waals surface area contributed by atoms with Crippen LogP contribution >= 0.6 is 24.0 Å². The zero-order valence-electron chi connectivity index (χ0n) is 7.16. The molecule has 0 spiro atoms. The Bertz CT molecular complexity index is 218. The van der Waals surface area contributed by atoms with Crippen LogP contribution in [0.5, 0.6) is 0 Å². The molecule has 0 aliphatic carbocycles. The lowest BCUT2D eigenvalue weighted by Gasteiger charge is -2.01. The Morgan fingerprint density at radius 2 is 2.33 bits per heavy atom. The standard InChI is InChI=1S/C8H11NOS2/c1-3-10-8(11)7(5-9)6-12-4-2/h6H,3-4H2,1-2H3. The maximum Gasteiger partial charge on any atom is 0.202 e. The third-order valence-corrected chi connectivity index (χ3v) is 2.06. The minimum absolute atomic E-state index is 0.293. The molecule has 0 rings (SSSR count). The fourth-order valence-corrected chi connectivity index (χ4v) is 1.29. The molecule has 0 amide bonds. The third kappa shape index (κ3) is 4.37. The zero-order valence-corrected chi connectivity index (χ0v) is 8.80. The molecule has 0 N–H and O–H groups in total. The van der Waals surface area contributed by atoms with E-state index in [1.54, 1.807) is 17.2 Å². The third-order valence-electron chi connectivity index (χ3n) is 0.984. The number of ether oxygens (including phenoxy) is 1. The molecule has 0 saturated heterocycles. The number of thiocarbonyl (C=S) groups is 1. The highest BCUT2D eigenvalue weighted by atomic mass is 32.2. The van der Waals surface area contributed by atoms with Crippen LogP contribution in [0.25, 0.3) is 0 Å². The summed E-state index contributed by atoms with van der Waals surface area (Å²) in [6.07, 6.45) is 0. The van der Waals surface area contributed by atoms with Gasteiger partial charge in [0.1, 0.15) is 11.6 Å². The van der Waals surface area contributed by atoms with Crippen molar-refractivity contribution >= 4 is 29.0 Å². The Labute approximate surface area is 82.6 Å². The summed E-state index contributed by atoms with van der Waals surface area (Å²) in [6, 6.07) is 2.00. The first-order valence-electron chi connectivity index (χ1n) is 3.65. The highest BCUT2D eigenvalue weighted by molar-refractivity contribution is 8.02. The summed E-state index contributed by atoms with van der Waals surface area (Å²) in [7, 11) is 0. The van der Waals surface area contributed by atoms with Gasteiger partial charge in [-0.15, -0.1) is 11.8 Å². The molecule has 0 aromatic rings. The maximum absolute atomic E-state index is 8.65. The molecule has 4 heteroatoms. The average Bonchev–Trinajstić information content (AvgIpc) is 2.06. The van der Waals surface area contributed by atoms with Crippen molar-refractivity contribution in [3.05, 3.63) is 11.0 Å².